The lowest BCUT2D eigenvalue weighted by atomic mass is 10.1. The molecule has 3 aliphatic rings. The molecule has 32 heteroatoms. The van der Waals surface area contributed by atoms with Crippen molar-refractivity contribution in [2.45, 2.75) is 75.3 Å². The zero-order valence-corrected chi connectivity index (χ0v) is 32.4. The van der Waals surface area contributed by atoms with Crippen molar-refractivity contribution >= 4 is 57.7 Å². The van der Waals surface area contributed by atoms with Crippen LogP contribution in [-0.4, -0.2) is 119 Å². The summed E-state index contributed by atoms with van der Waals surface area (Å²) in [6.07, 6.45) is -9.43. The Morgan fingerprint density at radius 1 is 0.862 bits per heavy atom. The number of hydrogen-bond acceptors (Lipinski definition) is 21. The summed E-state index contributed by atoms with van der Waals surface area (Å²) in [5, 5.41) is 21.1. The molecule has 7 rings (SSSR count). The number of phosphoric acid groups is 3. The summed E-state index contributed by atoms with van der Waals surface area (Å²) < 4.78 is 82.3. The molecule has 3 fully saturated rings. The molecule has 0 amide bonds. The average Bonchev–Trinajstić information content (AvgIpc) is 3.86. The first kappa shape index (κ1) is 42.1. The molecule has 7 heterocycles. The maximum atomic E-state index is 13.6. The van der Waals surface area contributed by atoms with Crippen molar-refractivity contribution in [3.63, 3.8) is 0 Å². The van der Waals surface area contributed by atoms with Crippen LogP contribution in [0.25, 0.3) is 22.3 Å². The number of aliphatic hydroxyl groups excluding tert-OH is 2. The van der Waals surface area contributed by atoms with E-state index in [1.54, 1.807) is 0 Å². The van der Waals surface area contributed by atoms with Gasteiger partial charge in [-0.05, 0) is 13.8 Å². The number of rotatable bonds is 14. The van der Waals surface area contributed by atoms with E-state index in [0.29, 0.717) is 0 Å². The summed E-state index contributed by atoms with van der Waals surface area (Å²) in [6.45, 7) is 4.43. The minimum absolute atomic E-state index is 0.129. The second kappa shape index (κ2) is 14.9. The molecule has 0 aliphatic carbocycles. The van der Waals surface area contributed by atoms with Gasteiger partial charge in [0.25, 0.3) is 11.1 Å². The average molecular weight is 885 g/mol. The molecule has 11 atom stereocenters. The molecule has 318 valence electrons. The molecule has 0 bridgehead atoms. The Morgan fingerprint density at radius 2 is 1.43 bits per heavy atom. The summed E-state index contributed by atoms with van der Waals surface area (Å²) in [7, 11) is -17.4. The van der Waals surface area contributed by atoms with Gasteiger partial charge in [0.2, 0.25) is 11.9 Å². The first-order valence-corrected chi connectivity index (χ1v) is 21.1. The van der Waals surface area contributed by atoms with Crippen LogP contribution in [0, 0.1) is 0 Å². The number of ether oxygens (including phenoxy) is 4. The lowest BCUT2D eigenvalue weighted by Crippen LogP contribution is -2.34. The highest BCUT2D eigenvalue weighted by Gasteiger charge is 2.57. The minimum atomic E-state index is -6.02. The molecule has 58 heavy (non-hydrogen) atoms. The van der Waals surface area contributed by atoms with Gasteiger partial charge in [0.15, 0.2) is 40.6 Å². The zero-order chi connectivity index (χ0) is 42.3. The Morgan fingerprint density at radius 3 is 2.07 bits per heavy atom. The van der Waals surface area contributed by atoms with Crippen molar-refractivity contribution in [2.24, 2.45) is 0 Å². The zero-order valence-electron chi connectivity index (χ0n) is 29.7. The van der Waals surface area contributed by atoms with Crippen LogP contribution < -0.4 is 28.3 Å². The van der Waals surface area contributed by atoms with Crippen molar-refractivity contribution in [3.8, 4) is 0 Å². The molecular formula is C26H35N10O19P3. The number of allylic oxidation sites excluding steroid dienone is 1. The number of anilines is 2. The van der Waals surface area contributed by atoms with Crippen molar-refractivity contribution < 1.29 is 75.2 Å². The molecule has 0 saturated carbocycles. The van der Waals surface area contributed by atoms with Crippen molar-refractivity contribution in [1.29, 1.82) is 0 Å². The number of imidazole rings is 2. The molecular weight excluding hydrogens is 849 g/mol. The number of nitrogens with two attached hydrogens (primary N) is 2. The molecule has 0 spiro atoms. The number of fused-ring (bicyclic) bond motifs is 3. The van der Waals surface area contributed by atoms with E-state index in [1.807, 2.05) is 0 Å². The Balaban J connectivity index is 1.00. The summed E-state index contributed by atoms with van der Waals surface area (Å²) in [5.41, 5.74) is 8.28. The molecule has 5 unspecified atom stereocenters. The van der Waals surface area contributed by atoms with Gasteiger partial charge < -0.3 is 55.3 Å². The highest BCUT2D eigenvalue weighted by Crippen LogP contribution is 2.68. The predicted octanol–water partition coefficient (Wildman–Crippen LogP) is -2.23. The Kier molecular flexibility index (Phi) is 10.8. The van der Waals surface area contributed by atoms with E-state index in [-0.39, 0.29) is 40.8 Å². The summed E-state index contributed by atoms with van der Waals surface area (Å²) >= 11 is 0. The van der Waals surface area contributed by atoms with Crippen LogP contribution in [0.4, 0.5) is 11.9 Å². The SMILES string of the molecule is C=CCn1c(=O)n([C@@H]2OC(COP(=O)(O)OP(=O)(O)OP(=O)(O)OCC3O[C@@H](n4cnc5c(=O)[nH]c(N)nc54)[C@H](O)[C@@H]3O)[C@H]3OC(C)(C)O[C@H]32)c2nc(N)[nH]c(=O)c21. The Bertz CT molecular complexity index is 2610. The van der Waals surface area contributed by atoms with Crippen LogP contribution in [0.3, 0.4) is 0 Å². The van der Waals surface area contributed by atoms with Crippen LogP contribution in [0.5, 0.6) is 0 Å². The lowest BCUT2D eigenvalue weighted by molar-refractivity contribution is -0.199. The third-order valence-corrected chi connectivity index (χ3v) is 13.1. The molecule has 4 aromatic rings. The third kappa shape index (κ3) is 8.01. The van der Waals surface area contributed by atoms with Crippen LogP contribution in [0.15, 0.2) is 33.4 Å². The van der Waals surface area contributed by atoms with Crippen molar-refractivity contribution in [2.75, 3.05) is 24.7 Å². The predicted molar refractivity (Wildman–Crippen MR) is 189 cm³/mol. The largest absolute Gasteiger partial charge is 0.490 e. The number of hydrogen-bond donors (Lipinski definition) is 9. The maximum Gasteiger partial charge on any atom is 0.490 e. The second-order valence-electron chi connectivity index (χ2n) is 13.3. The van der Waals surface area contributed by atoms with Gasteiger partial charge in [-0.25, -0.2) is 28.0 Å². The third-order valence-electron chi connectivity index (χ3n) is 8.80. The van der Waals surface area contributed by atoms with E-state index in [9.17, 15) is 53.0 Å². The van der Waals surface area contributed by atoms with E-state index in [4.69, 9.17) is 34.9 Å². The van der Waals surface area contributed by atoms with E-state index in [0.717, 1.165) is 20.0 Å². The van der Waals surface area contributed by atoms with Gasteiger partial charge in [-0.15, -0.1) is 6.58 Å². The molecule has 3 aliphatic heterocycles. The number of nitrogens with zero attached hydrogens (tertiary/aromatic N) is 6. The highest BCUT2D eigenvalue weighted by atomic mass is 31.3. The van der Waals surface area contributed by atoms with Gasteiger partial charge in [0.05, 0.1) is 19.5 Å². The van der Waals surface area contributed by atoms with Gasteiger partial charge in [0.1, 0.15) is 36.6 Å². The first-order valence-electron chi connectivity index (χ1n) is 16.6. The first-order chi connectivity index (χ1) is 27.0. The number of aromatic amines is 2. The van der Waals surface area contributed by atoms with Crippen LogP contribution >= 0.6 is 23.5 Å². The lowest BCUT2D eigenvalue weighted by Gasteiger charge is -2.25. The number of nitrogen functional groups attached to an aromatic ring is 2. The summed E-state index contributed by atoms with van der Waals surface area (Å²) in [4.78, 5) is 85.6. The second-order valence-corrected chi connectivity index (χ2v) is 17.9. The molecule has 0 aromatic carbocycles. The monoisotopic (exact) mass is 884 g/mol. The number of H-pyrrole nitrogens is 2. The molecule has 4 aromatic heterocycles. The normalized spacial score (nSPS) is 30.0. The topological polar surface area (TPSA) is 414 Å². The summed E-state index contributed by atoms with van der Waals surface area (Å²) in [6, 6.07) is 0. The van der Waals surface area contributed by atoms with Gasteiger partial charge in [0, 0.05) is 6.54 Å². The van der Waals surface area contributed by atoms with E-state index >= 15 is 0 Å². The molecule has 11 N–H and O–H groups in total. The summed E-state index contributed by atoms with van der Waals surface area (Å²) in [5.74, 6) is -1.97. The van der Waals surface area contributed by atoms with Gasteiger partial charge >= 0.3 is 29.2 Å². The smallest absolute Gasteiger partial charge is 0.387 e. The standard InChI is InChI=1S/C26H35N10O19P3/c1-4-5-34-12-18(31-24(28)33-20(12)40)36(25(34)41)22-16-15(52-26(2,3)53-16)10(51-22)7-49-57(44,45)55-58(46,47)54-56(42,43)48-6-9-13(37)14(38)21(50-9)35-8-29-11-17(35)30-23(27)32-19(11)39/h4,8-10,13-16,21-22,37-38H,1,5-7H2,2-3H3,(H,42,43)(H,44,45)(H,46,47)(H3,27,30,32,39)(H3,28,31,33,40)/t9?,10?,13-,14-,15-,16-,21-,22-/m1/s1. The van der Waals surface area contributed by atoms with Crippen LogP contribution in [-0.2, 0) is 56.9 Å². The molecule has 29 nitrogen and oxygen atoms in total. The van der Waals surface area contributed by atoms with E-state index in [2.05, 4.69) is 44.6 Å². The molecule has 3 saturated heterocycles. The van der Waals surface area contributed by atoms with Crippen molar-refractivity contribution in [1.82, 2.24) is 38.6 Å². The Hall–Kier alpha value is -3.99. The fraction of sp³-hybridized carbons (Fsp3) is 0.538. The van der Waals surface area contributed by atoms with Crippen LogP contribution in [0.1, 0.15) is 26.3 Å². The number of aliphatic hydroxyl groups is 2. The number of aromatic nitrogens is 8. The quantitative estimate of drug-likeness (QED) is 0.0478. The fourth-order valence-corrected chi connectivity index (χ4v) is 10.1. The number of nitrogens with one attached hydrogen (secondary N) is 2. The van der Waals surface area contributed by atoms with Gasteiger partial charge in [-0.3, -0.25) is 37.7 Å². The highest BCUT2D eigenvalue weighted by molar-refractivity contribution is 7.66. The van der Waals surface area contributed by atoms with E-state index in [1.165, 1.54) is 19.9 Å². The van der Waals surface area contributed by atoms with E-state index < -0.39 is 108 Å². The molecule has 0 radical (unpaired) electrons. The Labute approximate surface area is 321 Å². The maximum absolute atomic E-state index is 13.6. The fourth-order valence-electron chi connectivity index (χ4n) is 6.61. The van der Waals surface area contributed by atoms with Gasteiger partial charge in [-0.2, -0.15) is 18.6 Å². The minimum Gasteiger partial charge on any atom is -0.387 e. The van der Waals surface area contributed by atoms with Crippen molar-refractivity contribution in [3.05, 3.63) is 50.2 Å². The number of phosphoric ester groups is 2. The van der Waals surface area contributed by atoms with Crippen LogP contribution in [0.2, 0.25) is 0 Å². The van der Waals surface area contributed by atoms with Gasteiger partial charge in [-0.1, -0.05) is 6.08 Å².